The summed E-state index contributed by atoms with van der Waals surface area (Å²) in [5, 5.41) is 3.70. The molecule has 1 atom stereocenters. The lowest BCUT2D eigenvalue weighted by Gasteiger charge is -2.16. The van der Waals surface area contributed by atoms with Gasteiger partial charge in [0.15, 0.2) is 5.16 Å². The second-order valence-electron chi connectivity index (χ2n) is 6.84. The first-order valence-corrected chi connectivity index (χ1v) is 10.4. The molecule has 28 heavy (non-hydrogen) atoms. The van der Waals surface area contributed by atoms with Crippen LogP contribution in [0.1, 0.15) is 31.4 Å². The van der Waals surface area contributed by atoms with Crippen LogP contribution in [0.25, 0.3) is 10.9 Å². The summed E-state index contributed by atoms with van der Waals surface area (Å²) >= 11 is 1.32. The van der Waals surface area contributed by atoms with Crippen molar-refractivity contribution < 1.29 is 4.79 Å². The monoisotopic (exact) mass is 395 g/mol. The Kier molecular flexibility index (Phi) is 6.52. The number of fused-ring (bicyclic) bond motifs is 1. The number of amides is 1. The largest absolute Gasteiger partial charge is 0.355 e. The number of carbonyl (C=O) groups is 1. The van der Waals surface area contributed by atoms with Crippen LogP contribution in [0, 0.1) is 6.92 Å². The first-order valence-electron chi connectivity index (χ1n) is 9.49. The molecule has 1 heterocycles. The molecule has 1 unspecified atom stereocenters. The summed E-state index contributed by atoms with van der Waals surface area (Å²) in [5.74, 6) is -0.0452. The van der Waals surface area contributed by atoms with Crippen LogP contribution in [0.5, 0.6) is 0 Å². The van der Waals surface area contributed by atoms with Crippen molar-refractivity contribution >= 4 is 28.6 Å². The molecular weight excluding hydrogens is 370 g/mol. The number of benzene rings is 2. The Bertz CT molecular complexity index is 1030. The van der Waals surface area contributed by atoms with Gasteiger partial charge in [-0.1, -0.05) is 60.6 Å². The summed E-state index contributed by atoms with van der Waals surface area (Å²) in [5.41, 5.74) is 2.75. The highest BCUT2D eigenvalue weighted by Crippen LogP contribution is 2.23. The van der Waals surface area contributed by atoms with E-state index in [-0.39, 0.29) is 16.7 Å². The predicted molar refractivity (Wildman–Crippen MR) is 115 cm³/mol. The van der Waals surface area contributed by atoms with E-state index in [1.165, 1.54) is 17.3 Å². The highest BCUT2D eigenvalue weighted by molar-refractivity contribution is 8.00. The molecule has 0 aliphatic carbocycles. The highest BCUT2D eigenvalue weighted by Gasteiger charge is 2.19. The van der Waals surface area contributed by atoms with Crippen molar-refractivity contribution in [1.29, 1.82) is 0 Å². The lowest BCUT2D eigenvalue weighted by Crippen LogP contribution is -2.32. The maximum absolute atomic E-state index is 13.2. The topological polar surface area (TPSA) is 64.0 Å². The van der Waals surface area contributed by atoms with Gasteiger partial charge in [0, 0.05) is 6.54 Å². The van der Waals surface area contributed by atoms with E-state index in [0.29, 0.717) is 29.1 Å². The van der Waals surface area contributed by atoms with Crippen LogP contribution in [0.15, 0.2) is 58.5 Å². The van der Waals surface area contributed by atoms with Crippen molar-refractivity contribution in [2.24, 2.45) is 0 Å². The Morgan fingerprint density at radius 2 is 1.89 bits per heavy atom. The van der Waals surface area contributed by atoms with E-state index in [0.717, 1.165) is 12.0 Å². The molecule has 0 spiro atoms. The van der Waals surface area contributed by atoms with Gasteiger partial charge in [0.1, 0.15) is 0 Å². The Labute approximate surface area is 169 Å². The van der Waals surface area contributed by atoms with E-state index >= 15 is 0 Å². The Morgan fingerprint density at radius 1 is 1.18 bits per heavy atom. The van der Waals surface area contributed by atoms with Gasteiger partial charge in [0.25, 0.3) is 5.56 Å². The van der Waals surface area contributed by atoms with E-state index in [2.05, 4.69) is 5.32 Å². The highest BCUT2D eigenvalue weighted by atomic mass is 32.2. The van der Waals surface area contributed by atoms with Gasteiger partial charge in [-0.2, -0.15) is 0 Å². The summed E-state index contributed by atoms with van der Waals surface area (Å²) in [7, 11) is 0. The molecule has 0 saturated heterocycles. The first kappa shape index (κ1) is 20.1. The number of hydrogen-bond donors (Lipinski definition) is 1. The van der Waals surface area contributed by atoms with Gasteiger partial charge >= 0.3 is 0 Å². The minimum absolute atomic E-state index is 0.0452. The zero-order chi connectivity index (χ0) is 20.1. The van der Waals surface area contributed by atoms with Crippen molar-refractivity contribution in [3.05, 3.63) is 70.0 Å². The van der Waals surface area contributed by atoms with Crippen LogP contribution in [0.2, 0.25) is 0 Å². The van der Waals surface area contributed by atoms with E-state index in [1.807, 2.05) is 63.2 Å². The third-order valence-corrected chi connectivity index (χ3v) is 5.58. The molecule has 0 aliphatic heterocycles. The fraction of sp³-hybridized carbons (Fsp3) is 0.318. The van der Waals surface area contributed by atoms with Gasteiger partial charge in [-0.05, 0) is 38.0 Å². The van der Waals surface area contributed by atoms with E-state index < -0.39 is 0 Å². The number of carbonyl (C=O) groups excluding carboxylic acids is 1. The molecule has 1 N–H and O–H groups in total. The average molecular weight is 396 g/mol. The third kappa shape index (κ3) is 4.62. The van der Waals surface area contributed by atoms with Crippen LogP contribution >= 0.6 is 11.8 Å². The van der Waals surface area contributed by atoms with Crippen LogP contribution in [0.4, 0.5) is 0 Å². The lowest BCUT2D eigenvalue weighted by molar-refractivity contribution is -0.120. The van der Waals surface area contributed by atoms with Crippen molar-refractivity contribution in [1.82, 2.24) is 14.9 Å². The van der Waals surface area contributed by atoms with Crippen LogP contribution < -0.4 is 10.9 Å². The zero-order valence-corrected chi connectivity index (χ0v) is 17.3. The fourth-order valence-electron chi connectivity index (χ4n) is 2.86. The summed E-state index contributed by atoms with van der Waals surface area (Å²) < 4.78 is 1.67. The molecule has 1 aromatic heterocycles. The zero-order valence-electron chi connectivity index (χ0n) is 16.4. The van der Waals surface area contributed by atoms with Crippen LogP contribution in [0.3, 0.4) is 0 Å². The van der Waals surface area contributed by atoms with Gasteiger partial charge in [-0.15, -0.1) is 0 Å². The van der Waals surface area contributed by atoms with Crippen LogP contribution in [-0.2, 0) is 11.3 Å². The normalized spacial score (nSPS) is 12.1. The van der Waals surface area contributed by atoms with Gasteiger partial charge in [0.2, 0.25) is 5.91 Å². The fourth-order valence-corrected chi connectivity index (χ4v) is 3.79. The molecule has 2 aromatic carbocycles. The number of nitrogens with one attached hydrogen (secondary N) is 1. The molecule has 146 valence electrons. The predicted octanol–water partition coefficient (Wildman–Crippen LogP) is 3.76. The van der Waals surface area contributed by atoms with E-state index in [1.54, 1.807) is 10.6 Å². The number of aryl methyl sites for hydroxylation is 1. The second kappa shape index (κ2) is 9.06. The Hall–Kier alpha value is -2.60. The molecule has 0 radical (unpaired) electrons. The Morgan fingerprint density at radius 3 is 2.61 bits per heavy atom. The lowest BCUT2D eigenvalue weighted by atomic mass is 10.1. The van der Waals surface area contributed by atoms with Gasteiger partial charge in [0.05, 0.1) is 22.7 Å². The SMILES string of the molecule is CCCNC(=O)C(C)Sc1nc2ccccc2c(=O)n1Cc1ccc(C)cc1. The minimum atomic E-state index is -0.344. The molecule has 0 bridgehead atoms. The van der Waals surface area contributed by atoms with Gasteiger partial charge < -0.3 is 5.32 Å². The summed E-state index contributed by atoms with van der Waals surface area (Å²) in [6, 6.07) is 15.4. The van der Waals surface area contributed by atoms with E-state index in [9.17, 15) is 9.59 Å². The summed E-state index contributed by atoms with van der Waals surface area (Å²) in [6.45, 7) is 6.95. The standard InChI is InChI=1S/C22H25N3O2S/c1-4-13-23-20(26)16(3)28-22-24-19-8-6-5-7-18(19)21(27)25(22)14-17-11-9-15(2)10-12-17/h5-12,16H,4,13-14H2,1-3H3,(H,23,26). The maximum Gasteiger partial charge on any atom is 0.262 e. The van der Waals surface area contributed by atoms with Crippen molar-refractivity contribution in [3.63, 3.8) is 0 Å². The molecule has 0 saturated carbocycles. The van der Waals surface area contributed by atoms with Gasteiger partial charge in [-0.3, -0.25) is 14.2 Å². The number of aromatic nitrogens is 2. The molecule has 5 nitrogen and oxygen atoms in total. The molecule has 0 fully saturated rings. The number of thioether (sulfide) groups is 1. The summed E-state index contributed by atoms with van der Waals surface area (Å²) in [4.78, 5) is 30.2. The van der Waals surface area contributed by atoms with Crippen LogP contribution in [-0.4, -0.2) is 27.3 Å². The third-order valence-electron chi connectivity index (χ3n) is 4.49. The van der Waals surface area contributed by atoms with Crippen molar-refractivity contribution in [2.45, 2.75) is 44.1 Å². The van der Waals surface area contributed by atoms with Gasteiger partial charge in [-0.25, -0.2) is 4.98 Å². The quantitative estimate of drug-likeness (QED) is 0.489. The number of hydrogen-bond acceptors (Lipinski definition) is 4. The second-order valence-corrected chi connectivity index (χ2v) is 8.15. The maximum atomic E-state index is 13.2. The molecule has 6 heteroatoms. The number of rotatable bonds is 7. The first-order chi connectivity index (χ1) is 13.5. The van der Waals surface area contributed by atoms with Crippen molar-refractivity contribution in [2.75, 3.05) is 6.54 Å². The number of nitrogens with zero attached hydrogens (tertiary/aromatic N) is 2. The molecular formula is C22H25N3O2S. The summed E-state index contributed by atoms with van der Waals surface area (Å²) in [6.07, 6.45) is 0.884. The van der Waals surface area contributed by atoms with Crippen molar-refractivity contribution in [3.8, 4) is 0 Å². The average Bonchev–Trinajstić information content (AvgIpc) is 2.70. The molecule has 3 rings (SSSR count). The molecule has 1 amide bonds. The smallest absolute Gasteiger partial charge is 0.262 e. The Balaban J connectivity index is 2.00. The molecule has 0 aliphatic rings. The minimum Gasteiger partial charge on any atom is -0.355 e. The van der Waals surface area contributed by atoms with E-state index in [4.69, 9.17) is 4.98 Å². The number of para-hydroxylation sites is 1. The molecule has 3 aromatic rings.